The van der Waals surface area contributed by atoms with Crippen LogP contribution in [0.15, 0.2) is 0 Å². The van der Waals surface area contributed by atoms with E-state index in [-0.39, 0.29) is 6.42 Å². The molecule has 16 heavy (non-hydrogen) atoms. The second-order valence-electron chi connectivity index (χ2n) is 4.61. The van der Waals surface area contributed by atoms with Crippen molar-refractivity contribution in [1.29, 1.82) is 0 Å². The van der Waals surface area contributed by atoms with E-state index in [1.165, 1.54) is 6.42 Å². The number of carboxylic acids is 2. The summed E-state index contributed by atoms with van der Waals surface area (Å²) >= 11 is 0. The zero-order chi connectivity index (χ0) is 12.6. The first-order valence-corrected chi connectivity index (χ1v) is 5.90. The van der Waals surface area contributed by atoms with Gasteiger partial charge in [0.25, 0.3) is 0 Å². The molecule has 4 nitrogen and oxygen atoms in total. The van der Waals surface area contributed by atoms with Crippen molar-refractivity contribution in [2.24, 2.45) is 11.8 Å². The molecule has 0 saturated carbocycles. The highest BCUT2D eigenvalue weighted by atomic mass is 16.4. The Bertz CT molecular complexity index is 209. The lowest BCUT2D eigenvalue weighted by Gasteiger charge is -2.07. The number of carboxylic acid groups (broad SMARTS) is 2. The Balaban J connectivity index is 3.56. The normalized spacial score (nSPS) is 11.0. The van der Waals surface area contributed by atoms with Crippen LogP contribution in [0.4, 0.5) is 0 Å². The summed E-state index contributed by atoms with van der Waals surface area (Å²) in [5, 5.41) is 17.3. The summed E-state index contributed by atoms with van der Waals surface area (Å²) in [6, 6.07) is 0. The van der Waals surface area contributed by atoms with Gasteiger partial charge in [0.2, 0.25) is 0 Å². The second-order valence-corrected chi connectivity index (χ2v) is 4.61. The molecule has 0 atom stereocenters. The van der Waals surface area contributed by atoms with E-state index in [2.05, 4.69) is 13.8 Å². The van der Waals surface area contributed by atoms with E-state index in [4.69, 9.17) is 10.2 Å². The minimum Gasteiger partial charge on any atom is -0.481 e. The maximum absolute atomic E-state index is 10.6. The summed E-state index contributed by atoms with van der Waals surface area (Å²) in [4.78, 5) is 21.1. The molecule has 0 bridgehead atoms. The van der Waals surface area contributed by atoms with Gasteiger partial charge in [-0.25, -0.2) is 0 Å². The lowest BCUT2D eigenvalue weighted by Crippen LogP contribution is -2.23. The van der Waals surface area contributed by atoms with Crippen molar-refractivity contribution in [1.82, 2.24) is 0 Å². The number of carbonyl (C=O) groups is 2. The Morgan fingerprint density at radius 3 is 1.69 bits per heavy atom. The van der Waals surface area contributed by atoms with E-state index in [1.807, 2.05) is 0 Å². The first-order valence-electron chi connectivity index (χ1n) is 5.90. The molecule has 0 saturated heterocycles. The van der Waals surface area contributed by atoms with Crippen molar-refractivity contribution in [2.75, 3.05) is 0 Å². The molecule has 94 valence electrons. The first kappa shape index (κ1) is 14.9. The maximum Gasteiger partial charge on any atom is 0.317 e. The van der Waals surface area contributed by atoms with Gasteiger partial charge in [-0.3, -0.25) is 9.59 Å². The molecular formula is C12H22O4. The Kier molecular flexibility index (Phi) is 7.60. The Hall–Kier alpha value is -1.06. The van der Waals surface area contributed by atoms with Gasteiger partial charge in [-0.15, -0.1) is 0 Å². The van der Waals surface area contributed by atoms with E-state index in [9.17, 15) is 9.59 Å². The van der Waals surface area contributed by atoms with Crippen LogP contribution in [-0.2, 0) is 9.59 Å². The third-order valence-corrected chi connectivity index (χ3v) is 2.62. The standard InChI is InChI=1S/C12H22O4/c1-9(2)7-5-3-4-6-8-10(11(13)14)12(15)16/h9-10H,3-8H2,1-2H3,(H,13,14)(H,15,16). The van der Waals surface area contributed by atoms with Gasteiger partial charge in [-0.05, 0) is 12.3 Å². The number of hydrogen-bond donors (Lipinski definition) is 2. The minimum absolute atomic E-state index is 0.242. The lowest BCUT2D eigenvalue weighted by molar-refractivity contribution is -0.154. The molecule has 0 aromatic carbocycles. The van der Waals surface area contributed by atoms with Gasteiger partial charge < -0.3 is 10.2 Å². The molecule has 0 aromatic heterocycles. The van der Waals surface area contributed by atoms with Crippen molar-refractivity contribution in [3.63, 3.8) is 0 Å². The highest BCUT2D eigenvalue weighted by Crippen LogP contribution is 2.14. The van der Waals surface area contributed by atoms with Gasteiger partial charge in [0, 0.05) is 0 Å². The van der Waals surface area contributed by atoms with Crippen LogP contribution in [0.5, 0.6) is 0 Å². The van der Waals surface area contributed by atoms with Crippen molar-refractivity contribution >= 4 is 11.9 Å². The summed E-state index contributed by atoms with van der Waals surface area (Å²) in [6.07, 6.45) is 5.23. The Labute approximate surface area is 96.7 Å². The number of hydrogen-bond acceptors (Lipinski definition) is 2. The van der Waals surface area contributed by atoms with E-state index >= 15 is 0 Å². The van der Waals surface area contributed by atoms with Crippen LogP contribution >= 0.6 is 0 Å². The molecular weight excluding hydrogens is 208 g/mol. The molecule has 0 aliphatic rings. The minimum atomic E-state index is -1.23. The molecule has 0 radical (unpaired) electrons. The van der Waals surface area contributed by atoms with Crippen molar-refractivity contribution in [2.45, 2.75) is 52.4 Å². The summed E-state index contributed by atoms with van der Waals surface area (Å²) < 4.78 is 0. The smallest absolute Gasteiger partial charge is 0.317 e. The summed E-state index contributed by atoms with van der Waals surface area (Å²) in [6.45, 7) is 4.34. The molecule has 4 heteroatoms. The van der Waals surface area contributed by atoms with E-state index < -0.39 is 17.9 Å². The van der Waals surface area contributed by atoms with Crippen LogP contribution in [0.3, 0.4) is 0 Å². The molecule has 0 fully saturated rings. The number of aliphatic carboxylic acids is 2. The van der Waals surface area contributed by atoms with Crippen molar-refractivity contribution < 1.29 is 19.8 Å². The maximum atomic E-state index is 10.6. The molecule has 0 amide bonds. The molecule has 0 rings (SSSR count). The van der Waals surface area contributed by atoms with Crippen LogP contribution < -0.4 is 0 Å². The van der Waals surface area contributed by atoms with Gasteiger partial charge in [0.05, 0.1) is 0 Å². The topological polar surface area (TPSA) is 74.6 Å². The largest absolute Gasteiger partial charge is 0.481 e. The average molecular weight is 230 g/mol. The van der Waals surface area contributed by atoms with Crippen molar-refractivity contribution in [3.8, 4) is 0 Å². The lowest BCUT2D eigenvalue weighted by atomic mass is 9.99. The van der Waals surface area contributed by atoms with Crippen LogP contribution in [-0.4, -0.2) is 22.2 Å². The van der Waals surface area contributed by atoms with Crippen LogP contribution in [0, 0.1) is 11.8 Å². The predicted molar refractivity (Wildman–Crippen MR) is 61.3 cm³/mol. The van der Waals surface area contributed by atoms with E-state index in [0.717, 1.165) is 19.3 Å². The summed E-state index contributed by atoms with van der Waals surface area (Å²) in [5.41, 5.74) is 0. The van der Waals surface area contributed by atoms with Crippen LogP contribution in [0.25, 0.3) is 0 Å². The molecule has 2 N–H and O–H groups in total. The average Bonchev–Trinajstić information content (AvgIpc) is 2.14. The molecule has 0 unspecified atom stereocenters. The predicted octanol–water partition coefficient (Wildman–Crippen LogP) is 2.77. The molecule has 0 aliphatic heterocycles. The molecule has 0 heterocycles. The Morgan fingerprint density at radius 1 is 0.875 bits per heavy atom. The van der Waals surface area contributed by atoms with Gasteiger partial charge in [0.15, 0.2) is 5.92 Å². The second kappa shape index (κ2) is 8.13. The van der Waals surface area contributed by atoms with Crippen LogP contribution in [0.2, 0.25) is 0 Å². The van der Waals surface area contributed by atoms with Gasteiger partial charge in [-0.2, -0.15) is 0 Å². The fraction of sp³-hybridized carbons (Fsp3) is 0.833. The highest BCUT2D eigenvalue weighted by molar-refractivity contribution is 5.92. The molecule has 0 aromatic rings. The highest BCUT2D eigenvalue weighted by Gasteiger charge is 2.24. The third kappa shape index (κ3) is 7.26. The van der Waals surface area contributed by atoms with E-state index in [1.54, 1.807) is 0 Å². The fourth-order valence-corrected chi connectivity index (χ4v) is 1.61. The first-order chi connectivity index (χ1) is 7.45. The zero-order valence-electron chi connectivity index (χ0n) is 10.1. The Morgan fingerprint density at radius 2 is 1.31 bits per heavy atom. The summed E-state index contributed by atoms with van der Waals surface area (Å²) in [7, 11) is 0. The van der Waals surface area contributed by atoms with Gasteiger partial charge >= 0.3 is 11.9 Å². The SMILES string of the molecule is CC(C)CCCCCCC(C(=O)O)C(=O)O. The van der Waals surface area contributed by atoms with Crippen molar-refractivity contribution in [3.05, 3.63) is 0 Å². The van der Waals surface area contributed by atoms with Gasteiger partial charge in [-0.1, -0.05) is 46.0 Å². The van der Waals surface area contributed by atoms with E-state index in [0.29, 0.717) is 12.3 Å². The van der Waals surface area contributed by atoms with Crippen LogP contribution in [0.1, 0.15) is 52.4 Å². The zero-order valence-corrected chi connectivity index (χ0v) is 10.1. The molecule has 0 aliphatic carbocycles. The van der Waals surface area contributed by atoms with Gasteiger partial charge in [0.1, 0.15) is 0 Å². The quantitative estimate of drug-likeness (QED) is 0.472. The number of unbranched alkanes of at least 4 members (excludes halogenated alkanes) is 3. The molecule has 0 spiro atoms. The third-order valence-electron chi connectivity index (χ3n) is 2.62. The monoisotopic (exact) mass is 230 g/mol. The number of rotatable bonds is 9. The fourth-order valence-electron chi connectivity index (χ4n) is 1.61. The summed E-state index contributed by atoms with van der Waals surface area (Å²) in [5.74, 6) is -2.99.